The fourth-order valence-corrected chi connectivity index (χ4v) is 5.32. The Bertz CT molecular complexity index is 1250. The quantitative estimate of drug-likeness (QED) is 0.488. The molecule has 0 spiro atoms. The first kappa shape index (κ1) is 24.0. The summed E-state index contributed by atoms with van der Waals surface area (Å²) in [4.78, 5) is 17.4. The van der Waals surface area contributed by atoms with Gasteiger partial charge < -0.3 is 14.6 Å². The number of benzene rings is 2. The van der Waals surface area contributed by atoms with Gasteiger partial charge in [0.05, 0.1) is 12.0 Å². The maximum absolute atomic E-state index is 12.8. The van der Waals surface area contributed by atoms with Crippen LogP contribution in [0, 0.1) is 0 Å². The molecule has 2 aromatic carbocycles. The van der Waals surface area contributed by atoms with E-state index in [1.165, 1.54) is 5.56 Å². The maximum Gasteiger partial charge on any atom is 0.240 e. The molecule has 1 aliphatic carbocycles. The summed E-state index contributed by atoms with van der Waals surface area (Å²) in [5.74, 6) is 1.11. The van der Waals surface area contributed by atoms with Crippen molar-refractivity contribution >= 4 is 15.9 Å². The Kier molecular flexibility index (Phi) is 7.33. The average molecular weight is 483 g/mol. The minimum atomic E-state index is -3.69. The Morgan fingerprint density at radius 2 is 1.85 bits per heavy atom. The van der Waals surface area contributed by atoms with Crippen molar-refractivity contribution in [2.45, 2.75) is 43.0 Å². The van der Waals surface area contributed by atoms with E-state index in [0.717, 1.165) is 36.8 Å². The van der Waals surface area contributed by atoms with Gasteiger partial charge in [-0.15, -0.1) is 0 Å². The van der Waals surface area contributed by atoms with Crippen LogP contribution in [0.3, 0.4) is 0 Å². The summed E-state index contributed by atoms with van der Waals surface area (Å²) >= 11 is 0. The van der Waals surface area contributed by atoms with Crippen molar-refractivity contribution in [3.63, 3.8) is 0 Å². The summed E-state index contributed by atoms with van der Waals surface area (Å²) in [5, 5.41) is 2.98. The van der Waals surface area contributed by atoms with Crippen molar-refractivity contribution in [1.82, 2.24) is 19.6 Å². The predicted molar refractivity (Wildman–Crippen MR) is 129 cm³/mol. The number of nitrogens with zero attached hydrogens (tertiary/aromatic N) is 2. The zero-order valence-corrected chi connectivity index (χ0v) is 20.3. The number of aryl methyl sites for hydroxylation is 3. The molecular weight excluding hydrogens is 452 g/mol. The van der Waals surface area contributed by atoms with E-state index in [1.807, 2.05) is 48.1 Å². The molecule has 8 nitrogen and oxygen atoms in total. The predicted octanol–water partition coefficient (Wildman–Crippen LogP) is 2.88. The minimum absolute atomic E-state index is 0.00114. The topological polar surface area (TPSA) is 102 Å². The Hall–Kier alpha value is -3.17. The number of rotatable bonds is 9. The molecule has 0 fully saturated rings. The van der Waals surface area contributed by atoms with Crippen LogP contribution in [0.15, 0.2) is 59.8 Å². The van der Waals surface area contributed by atoms with Gasteiger partial charge >= 0.3 is 0 Å². The van der Waals surface area contributed by atoms with Crippen molar-refractivity contribution in [2.75, 3.05) is 13.7 Å². The number of methoxy groups -OCH3 is 1. The molecule has 3 aromatic rings. The molecule has 0 unspecified atom stereocenters. The summed E-state index contributed by atoms with van der Waals surface area (Å²) in [6.07, 6.45) is 7.60. The van der Waals surface area contributed by atoms with Crippen molar-refractivity contribution in [2.24, 2.45) is 7.05 Å². The minimum Gasteiger partial charge on any atom is -0.497 e. The van der Waals surface area contributed by atoms with E-state index in [4.69, 9.17) is 4.74 Å². The third kappa shape index (κ3) is 5.48. The Balaban J connectivity index is 1.40. The molecule has 1 amide bonds. The molecule has 0 saturated heterocycles. The van der Waals surface area contributed by atoms with Crippen LogP contribution in [0.1, 0.15) is 47.8 Å². The smallest absolute Gasteiger partial charge is 0.240 e. The highest BCUT2D eigenvalue weighted by Gasteiger charge is 2.22. The first-order valence-electron chi connectivity index (χ1n) is 11.4. The molecule has 1 aromatic heterocycles. The fraction of sp³-hybridized carbons (Fsp3) is 0.360. The molecule has 4 rings (SSSR count). The SMILES string of the molecule is COc1ccc([C@@H](NC(=O)CCNS(=O)(=O)c2ccc3c(c2)CCCC3)c2nccn2C)cc1. The number of carbonyl (C=O) groups is 1. The molecule has 0 bridgehead atoms. The molecule has 0 radical (unpaired) electrons. The van der Waals surface area contributed by atoms with Gasteiger partial charge in [-0.1, -0.05) is 18.2 Å². The zero-order valence-electron chi connectivity index (χ0n) is 19.5. The molecular formula is C25H30N4O4S. The van der Waals surface area contributed by atoms with Crippen LogP contribution in [-0.2, 0) is 34.7 Å². The van der Waals surface area contributed by atoms with Crippen molar-refractivity contribution in [3.8, 4) is 5.75 Å². The second-order valence-corrected chi connectivity index (χ2v) is 10.2. The standard InChI is InChI=1S/C25H30N4O4S/c1-29-16-15-26-25(29)24(19-7-10-21(33-2)11-8-19)28-23(30)13-14-27-34(31,32)22-12-9-18-5-3-4-6-20(18)17-22/h7-12,15-17,24,27H,3-6,13-14H2,1-2H3,(H,28,30)/t24-/m1/s1. The van der Waals surface area contributed by atoms with E-state index in [1.54, 1.807) is 25.4 Å². The number of fused-ring (bicyclic) bond motifs is 1. The molecule has 1 aliphatic rings. The zero-order chi connectivity index (χ0) is 24.1. The van der Waals surface area contributed by atoms with E-state index in [0.29, 0.717) is 11.6 Å². The lowest BCUT2D eigenvalue weighted by molar-refractivity contribution is -0.121. The van der Waals surface area contributed by atoms with Crippen molar-refractivity contribution in [1.29, 1.82) is 0 Å². The molecule has 1 heterocycles. The van der Waals surface area contributed by atoms with Crippen LogP contribution in [-0.4, -0.2) is 37.5 Å². The summed E-state index contributed by atoms with van der Waals surface area (Å²) in [7, 11) is -0.234. The van der Waals surface area contributed by atoms with Crippen LogP contribution >= 0.6 is 0 Å². The molecule has 0 aliphatic heterocycles. The summed E-state index contributed by atoms with van der Waals surface area (Å²) in [6.45, 7) is 0.00114. The molecule has 34 heavy (non-hydrogen) atoms. The molecule has 9 heteroatoms. The van der Waals surface area contributed by atoms with E-state index >= 15 is 0 Å². The monoisotopic (exact) mass is 482 g/mol. The lowest BCUT2D eigenvalue weighted by atomic mass is 9.92. The Morgan fingerprint density at radius 3 is 2.53 bits per heavy atom. The number of hydrogen-bond donors (Lipinski definition) is 2. The van der Waals surface area contributed by atoms with Crippen LogP contribution in [0.4, 0.5) is 0 Å². The first-order chi connectivity index (χ1) is 16.4. The van der Waals surface area contributed by atoms with Gasteiger partial charge in [-0.25, -0.2) is 18.1 Å². The van der Waals surface area contributed by atoms with Crippen molar-refractivity contribution in [3.05, 3.63) is 77.4 Å². The van der Waals surface area contributed by atoms with Gasteiger partial charge in [0.25, 0.3) is 0 Å². The third-order valence-corrected chi connectivity index (χ3v) is 7.60. The lowest BCUT2D eigenvalue weighted by Gasteiger charge is -2.20. The highest BCUT2D eigenvalue weighted by Crippen LogP contribution is 2.25. The molecule has 180 valence electrons. The van der Waals surface area contributed by atoms with Gasteiger partial charge in [-0.3, -0.25) is 4.79 Å². The second kappa shape index (κ2) is 10.4. The van der Waals surface area contributed by atoms with Crippen LogP contribution in [0.2, 0.25) is 0 Å². The number of aromatic nitrogens is 2. The van der Waals surface area contributed by atoms with E-state index in [9.17, 15) is 13.2 Å². The largest absolute Gasteiger partial charge is 0.497 e. The Labute approximate surface area is 200 Å². The number of ether oxygens (including phenoxy) is 1. The highest BCUT2D eigenvalue weighted by molar-refractivity contribution is 7.89. The lowest BCUT2D eigenvalue weighted by Crippen LogP contribution is -2.34. The molecule has 0 saturated carbocycles. The van der Waals surface area contributed by atoms with E-state index in [-0.39, 0.29) is 23.8 Å². The number of carbonyl (C=O) groups excluding carboxylic acids is 1. The number of hydrogen-bond acceptors (Lipinski definition) is 5. The van der Waals surface area contributed by atoms with Crippen LogP contribution in [0.25, 0.3) is 0 Å². The van der Waals surface area contributed by atoms with Crippen LogP contribution in [0.5, 0.6) is 5.75 Å². The number of nitrogens with one attached hydrogen (secondary N) is 2. The average Bonchev–Trinajstić information content (AvgIpc) is 3.27. The number of sulfonamides is 1. The normalized spacial score (nSPS) is 14.3. The fourth-order valence-electron chi connectivity index (χ4n) is 4.24. The number of amides is 1. The summed E-state index contributed by atoms with van der Waals surface area (Å²) < 4.78 is 35.2. The summed E-state index contributed by atoms with van der Waals surface area (Å²) in [6, 6.07) is 12.2. The third-order valence-electron chi connectivity index (χ3n) is 6.15. The molecule has 1 atom stereocenters. The van der Waals surface area contributed by atoms with Crippen molar-refractivity contribution < 1.29 is 17.9 Å². The highest BCUT2D eigenvalue weighted by atomic mass is 32.2. The number of imidazole rings is 1. The van der Waals surface area contributed by atoms with Gasteiger partial charge in [-0.05, 0) is 66.6 Å². The van der Waals surface area contributed by atoms with E-state index < -0.39 is 16.1 Å². The molecule has 2 N–H and O–H groups in total. The summed E-state index contributed by atoms with van der Waals surface area (Å²) in [5.41, 5.74) is 3.17. The van der Waals surface area contributed by atoms with Gasteiger partial charge in [0, 0.05) is 32.4 Å². The van der Waals surface area contributed by atoms with Gasteiger partial charge in [0.1, 0.15) is 17.6 Å². The van der Waals surface area contributed by atoms with Gasteiger partial charge in [-0.2, -0.15) is 0 Å². The van der Waals surface area contributed by atoms with E-state index in [2.05, 4.69) is 15.0 Å². The van der Waals surface area contributed by atoms with Gasteiger partial charge in [0.2, 0.25) is 15.9 Å². The maximum atomic E-state index is 12.8. The van der Waals surface area contributed by atoms with Crippen LogP contribution < -0.4 is 14.8 Å². The second-order valence-electron chi connectivity index (χ2n) is 8.46. The Morgan fingerprint density at radius 1 is 1.12 bits per heavy atom. The van der Waals surface area contributed by atoms with Gasteiger partial charge in [0.15, 0.2) is 0 Å². The first-order valence-corrected chi connectivity index (χ1v) is 12.9.